The third-order valence-electron chi connectivity index (χ3n) is 9.58. The maximum atomic E-state index is 16.0. The van der Waals surface area contributed by atoms with Gasteiger partial charge in [0, 0.05) is 57.1 Å². The number of methoxy groups -OCH3 is 1. The van der Waals surface area contributed by atoms with Gasteiger partial charge in [0.15, 0.2) is 0 Å². The van der Waals surface area contributed by atoms with Crippen molar-refractivity contribution in [2.75, 3.05) is 44.9 Å². The number of hydrogen-bond donors (Lipinski definition) is 1. The largest absolute Gasteiger partial charge is 0.488 e. The summed E-state index contributed by atoms with van der Waals surface area (Å²) < 4.78 is 33.3. The van der Waals surface area contributed by atoms with Crippen molar-refractivity contribution in [3.63, 3.8) is 0 Å². The highest BCUT2D eigenvalue weighted by Crippen LogP contribution is 2.36. The number of benzene rings is 2. The summed E-state index contributed by atoms with van der Waals surface area (Å²) in [6.45, 7) is 8.31. The number of carboxylic acid groups (broad SMARTS) is 1. The molecular formula is C35H42FN3O5. The van der Waals surface area contributed by atoms with Crippen molar-refractivity contribution in [3.05, 3.63) is 76.1 Å². The quantitative estimate of drug-likeness (QED) is 0.341. The number of nitrogens with zero attached hydrogens (tertiary/aromatic N) is 3. The van der Waals surface area contributed by atoms with Gasteiger partial charge in [0.2, 0.25) is 0 Å². The standard InChI is InChI=1S/C35H42FN3O5/c1-22-6-4-7-27(30-8-5-9-32(37-30)39-15-11-28(35(40)41)31(39)21-42-3)34(22)44-20-24-18-23(2)29-19-38(14-10-26(29)33(24)36)25-12-16-43-17-13-25/h4-9,18,25,28,31H,10-17,19-21H2,1-3H3,(H,40,41). The van der Waals surface area contributed by atoms with Gasteiger partial charge in [-0.2, -0.15) is 0 Å². The summed E-state index contributed by atoms with van der Waals surface area (Å²) in [6.07, 6.45) is 3.30. The summed E-state index contributed by atoms with van der Waals surface area (Å²) in [5.74, 6) is -0.124. The Morgan fingerprint density at radius 2 is 1.86 bits per heavy atom. The minimum Gasteiger partial charge on any atom is -0.488 e. The van der Waals surface area contributed by atoms with Crippen LogP contribution in [-0.4, -0.2) is 73.1 Å². The van der Waals surface area contributed by atoms with Gasteiger partial charge < -0.3 is 24.2 Å². The van der Waals surface area contributed by atoms with E-state index in [1.54, 1.807) is 7.11 Å². The molecule has 3 aliphatic heterocycles. The number of carbonyl (C=O) groups is 1. The fourth-order valence-corrected chi connectivity index (χ4v) is 7.19. The zero-order chi connectivity index (χ0) is 30.8. The number of hydrogen-bond acceptors (Lipinski definition) is 7. The molecule has 0 bridgehead atoms. The van der Waals surface area contributed by atoms with Crippen molar-refractivity contribution in [1.29, 1.82) is 0 Å². The monoisotopic (exact) mass is 603 g/mol. The number of aryl methyl sites for hydroxylation is 2. The maximum Gasteiger partial charge on any atom is 0.308 e. The van der Waals surface area contributed by atoms with Crippen LogP contribution in [0, 0.1) is 25.6 Å². The maximum absolute atomic E-state index is 16.0. The Morgan fingerprint density at radius 1 is 1.07 bits per heavy atom. The number of carboxylic acids is 1. The SMILES string of the molecule is COCC1C(C(=O)O)CCN1c1cccc(-c2cccc(C)c2OCc2cc(C)c3c(c2F)CCN(C2CCOCC2)C3)n1. The van der Waals surface area contributed by atoms with Gasteiger partial charge in [0.1, 0.15) is 24.0 Å². The molecule has 6 rings (SSSR count). The molecule has 8 nitrogen and oxygen atoms in total. The van der Waals surface area contributed by atoms with E-state index < -0.39 is 11.9 Å². The van der Waals surface area contributed by atoms with Crippen molar-refractivity contribution in [1.82, 2.24) is 9.88 Å². The van der Waals surface area contributed by atoms with Crippen LogP contribution in [0.3, 0.4) is 0 Å². The van der Waals surface area contributed by atoms with Crippen LogP contribution in [0.1, 0.15) is 47.1 Å². The van der Waals surface area contributed by atoms with E-state index in [4.69, 9.17) is 19.2 Å². The van der Waals surface area contributed by atoms with Crippen LogP contribution >= 0.6 is 0 Å². The van der Waals surface area contributed by atoms with E-state index in [0.29, 0.717) is 54.9 Å². The first-order valence-electron chi connectivity index (χ1n) is 15.7. The van der Waals surface area contributed by atoms with Gasteiger partial charge in [-0.05, 0) is 86.1 Å². The van der Waals surface area contributed by atoms with Gasteiger partial charge in [0.25, 0.3) is 0 Å². The van der Waals surface area contributed by atoms with Crippen molar-refractivity contribution in [3.8, 4) is 17.0 Å². The Hall–Kier alpha value is -3.53. The molecule has 0 saturated carbocycles. The van der Waals surface area contributed by atoms with E-state index in [1.165, 1.54) is 0 Å². The fourth-order valence-electron chi connectivity index (χ4n) is 7.19. The highest BCUT2D eigenvalue weighted by atomic mass is 19.1. The Balaban J connectivity index is 1.23. The number of aliphatic carboxylic acids is 1. The summed E-state index contributed by atoms with van der Waals surface area (Å²) in [7, 11) is 1.59. The number of para-hydroxylation sites is 1. The number of ether oxygens (including phenoxy) is 3. The van der Waals surface area contributed by atoms with Crippen LogP contribution < -0.4 is 9.64 Å². The number of anilines is 1. The summed E-state index contributed by atoms with van der Waals surface area (Å²) in [6, 6.07) is 13.8. The molecule has 9 heteroatoms. The van der Waals surface area contributed by atoms with Gasteiger partial charge in [-0.25, -0.2) is 9.37 Å². The lowest BCUT2D eigenvalue weighted by Crippen LogP contribution is -2.42. The minimum atomic E-state index is -0.818. The molecule has 2 saturated heterocycles. The highest BCUT2D eigenvalue weighted by molar-refractivity contribution is 5.74. The predicted molar refractivity (Wildman–Crippen MR) is 167 cm³/mol. The predicted octanol–water partition coefficient (Wildman–Crippen LogP) is 5.55. The van der Waals surface area contributed by atoms with Gasteiger partial charge >= 0.3 is 5.97 Å². The second-order valence-electron chi connectivity index (χ2n) is 12.3. The van der Waals surface area contributed by atoms with Crippen LogP contribution in [0.5, 0.6) is 5.75 Å². The third kappa shape index (κ3) is 6.05. The molecular weight excluding hydrogens is 561 g/mol. The van der Waals surface area contributed by atoms with Crippen LogP contribution in [0.2, 0.25) is 0 Å². The normalized spacial score (nSPS) is 21.0. The van der Waals surface area contributed by atoms with Gasteiger partial charge in [-0.3, -0.25) is 9.69 Å². The summed E-state index contributed by atoms with van der Waals surface area (Å²) in [5, 5.41) is 9.74. The zero-order valence-electron chi connectivity index (χ0n) is 25.9. The lowest BCUT2D eigenvalue weighted by molar-refractivity contribution is -0.142. The van der Waals surface area contributed by atoms with E-state index in [2.05, 4.69) is 11.8 Å². The molecule has 44 heavy (non-hydrogen) atoms. The fraction of sp³-hybridized carbons (Fsp3) is 0.486. The average molecular weight is 604 g/mol. The van der Waals surface area contributed by atoms with E-state index in [0.717, 1.165) is 67.0 Å². The average Bonchev–Trinajstić information content (AvgIpc) is 3.47. The van der Waals surface area contributed by atoms with Gasteiger partial charge in [0.05, 0.1) is 24.3 Å². The zero-order valence-corrected chi connectivity index (χ0v) is 25.9. The molecule has 4 heterocycles. The number of aromatic nitrogens is 1. The number of rotatable bonds is 9. The first-order valence-corrected chi connectivity index (χ1v) is 15.7. The minimum absolute atomic E-state index is 0.115. The number of halogens is 1. The molecule has 2 unspecified atom stereocenters. The molecule has 2 aromatic carbocycles. The lowest BCUT2D eigenvalue weighted by atomic mass is 9.90. The smallest absolute Gasteiger partial charge is 0.308 e. The van der Waals surface area contributed by atoms with E-state index >= 15 is 4.39 Å². The van der Waals surface area contributed by atoms with Crippen LogP contribution in [0.15, 0.2) is 42.5 Å². The van der Waals surface area contributed by atoms with Crippen molar-refractivity contribution < 1.29 is 28.5 Å². The van der Waals surface area contributed by atoms with Crippen molar-refractivity contribution in [2.24, 2.45) is 5.92 Å². The molecule has 2 atom stereocenters. The first kappa shape index (κ1) is 30.5. The Kier molecular flexibility index (Phi) is 9.16. The van der Waals surface area contributed by atoms with E-state index in [-0.39, 0.29) is 18.5 Å². The van der Waals surface area contributed by atoms with Crippen molar-refractivity contribution >= 4 is 11.8 Å². The second-order valence-corrected chi connectivity index (χ2v) is 12.3. The first-order chi connectivity index (χ1) is 21.4. The molecule has 3 aromatic rings. The Bertz CT molecular complexity index is 1510. The third-order valence-corrected chi connectivity index (χ3v) is 9.58. The Morgan fingerprint density at radius 3 is 2.64 bits per heavy atom. The molecule has 1 N–H and O–H groups in total. The molecule has 3 aliphatic rings. The summed E-state index contributed by atoms with van der Waals surface area (Å²) >= 11 is 0. The molecule has 234 valence electrons. The summed E-state index contributed by atoms with van der Waals surface area (Å²) in [5.41, 5.74) is 6.06. The number of fused-ring (bicyclic) bond motifs is 1. The van der Waals surface area contributed by atoms with Crippen LogP contribution in [0.4, 0.5) is 10.2 Å². The van der Waals surface area contributed by atoms with Gasteiger partial charge in [-0.15, -0.1) is 0 Å². The Labute approximate surface area is 258 Å². The molecule has 0 spiro atoms. The number of pyridine rings is 1. The molecule has 0 amide bonds. The molecule has 2 fully saturated rings. The van der Waals surface area contributed by atoms with E-state index in [1.807, 2.05) is 54.3 Å². The second kappa shape index (κ2) is 13.2. The molecule has 0 aliphatic carbocycles. The summed E-state index contributed by atoms with van der Waals surface area (Å²) in [4.78, 5) is 21.3. The van der Waals surface area contributed by atoms with Crippen LogP contribution in [0.25, 0.3) is 11.3 Å². The van der Waals surface area contributed by atoms with Crippen LogP contribution in [-0.2, 0) is 33.8 Å². The van der Waals surface area contributed by atoms with E-state index in [9.17, 15) is 9.90 Å². The molecule has 0 radical (unpaired) electrons. The highest BCUT2D eigenvalue weighted by Gasteiger charge is 2.39. The topological polar surface area (TPSA) is 84.4 Å². The van der Waals surface area contributed by atoms with Gasteiger partial charge in [-0.1, -0.05) is 18.2 Å². The van der Waals surface area contributed by atoms with Crippen molar-refractivity contribution in [2.45, 2.75) is 64.8 Å². The molecule has 1 aromatic heterocycles. The lowest BCUT2D eigenvalue weighted by Gasteiger charge is -2.38.